The minimum atomic E-state index is 0. The van der Waals surface area contributed by atoms with E-state index in [0.717, 1.165) is 77.2 Å². The van der Waals surface area contributed by atoms with Crippen LogP contribution in [0, 0.1) is 5.92 Å². The highest BCUT2D eigenvalue weighted by Crippen LogP contribution is 2.25. The zero-order valence-electron chi connectivity index (χ0n) is 18.3. The highest BCUT2D eigenvalue weighted by Gasteiger charge is 2.24. The molecule has 0 saturated carbocycles. The van der Waals surface area contributed by atoms with Gasteiger partial charge in [-0.15, -0.1) is 24.0 Å². The molecule has 2 saturated heterocycles. The second-order valence-corrected chi connectivity index (χ2v) is 7.93. The minimum Gasteiger partial charge on any atom is -0.468 e. The number of aliphatic imine (C=N–C) groups is 1. The lowest BCUT2D eigenvalue weighted by Crippen LogP contribution is -2.40. The Kier molecular flexibility index (Phi) is 12.7. The summed E-state index contributed by atoms with van der Waals surface area (Å²) >= 11 is 0. The van der Waals surface area contributed by atoms with Gasteiger partial charge in [-0.05, 0) is 57.8 Å². The molecular weight excluding hydrogens is 495 g/mol. The van der Waals surface area contributed by atoms with Gasteiger partial charge in [0, 0.05) is 32.2 Å². The Labute approximate surface area is 198 Å². The highest BCUT2D eigenvalue weighted by atomic mass is 127. The van der Waals surface area contributed by atoms with Crippen molar-refractivity contribution in [1.82, 2.24) is 15.5 Å². The molecule has 2 N–H and O–H groups in total. The van der Waals surface area contributed by atoms with Crippen molar-refractivity contribution in [2.75, 3.05) is 59.2 Å². The first-order chi connectivity index (χ1) is 14.4. The fourth-order valence-corrected chi connectivity index (χ4v) is 3.96. The number of likely N-dealkylation sites (tertiary alicyclic amines) is 1. The third kappa shape index (κ3) is 8.72. The Morgan fingerprint density at radius 3 is 2.87 bits per heavy atom. The van der Waals surface area contributed by atoms with Crippen molar-refractivity contribution in [3.63, 3.8) is 0 Å². The first-order valence-electron chi connectivity index (χ1n) is 11.3. The van der Waals surface area contributed by atoms with Crippen molar-refractivity contribution in [1.29, 1.82) is 0 Å². The molecule has 8 heteroatoms. The minimum absolute atomic E-state index is 0. The monoisotopic (exact) mass is 534 g/mol. The summed E-state index contributed by atoms with van der Waals surface area (Å²) in [5.41, 5.74) is 0. The van der Waals surface area contributed by atoms with Crippen LogP contribution in [-0.4, -0.2) is 70.0 Å². The Hall–Kier alpha value is -0.840. The van der Waals surface area contributed by atoms with Crippen LogP contribution in [0.5, 0.6) is 0 Å². The molecule has 0 aromatic carbocycles. The summed E-state index contributed by atoms with van der Waals surface area (Å²) in [4.78, 5) is 7.37. The van der Waals surface area contributed by atoms with Crippen LogP contribution in [0.2, 0.25) is 0 Å². The van der Waals surface area contributed by atoms with Crippen LogP contribution in [-0.2, 0) is 9.47 Å². The number of hydrogen-bond donors (Lipinski definition) is 2. The number of rotatable bonds is 11. The largest absolute Gasteiger partial charge is 0.468 e. The molecule has 2 aliphatic heterocycles. The molecule has 30 heavy (non-hydrogen) atoms. The average Bonchev–Trinajstić information content (AvgIpc) is 3.46. The quantitative estimate of drug-likeness (QED) is 0.196. The Bertz CT molecular complexity index is 573. The lowest BCUT2D eigenvalue weighted by Gasteiger charge is -2.32. The van der Waals surface area contributed by atoms with Crippen LogP contribution in [0.25, 0.3) is 0 Å². The van der Waals surface area contributed by atoms with E-state index in [0.29, 0.717) is 12.5 Å². The van der Waals surface area contributed by atoms with Crippen molar-refractivity contribution in [3.05, 3.63) is 24.2 Å². The molecular formula is C22H39IN4O3. The maximum atomic E-state index is 5.79. The molecule has 2 aliphatic rings. The van der Waals surface area contributed by atoms with Crippen molar-refractivity contribution in [2.24, 2.45) is 10.9 Å². The van der Waals surface area contributed by atoms with E-state index >= 15 is 0 Å². The van der Waals surface area contributed by atoms with Crippen LogP contribution in [0.1, 0.15) is 50.8 Å². The summed E-state index contributed by atoms with van der Waals surface area (Å²) in [7, 11) is 0. The first-order valence-corrected chi connectivity index (χ1v) is 11.3. The van der Waals surface area contributed by atoms with E-state index in [1.165, 1.54) is 19.3 Å². The summed E-state index contributed by atoms with van der Waals surface area (Å²) in [6.07, 6.45) is 7.69. The molecule has 0 amide bonds. The van der Waals surface area contributed by atoms with Gasteiger partial charge in [-0.3, -0.25) is 9.89 Å². The van der Waals surface area contributed by atoms with E-state index in [2.05, 4.69) is 28.5 Å². The maximum Gasteiger partial charge on any atom is 0.191 e. The summed E-state index contributed by atoms with van der Waals surface area (Å²) in [6, 6.07) is 4.25. The molecule has 0 bridgehead atoms. The summed E-state index contributed by atoms with van der Waals surface area (Å²) in [5, 5.41) is 6.79. The van der Waals surface area contributed by atoms with Gasteiger partial charge in [0.2, 0.25) is 0 Å². The number of ether oxygens (including phenoxy) is 2. The van der Waals surface area contributed by atoms with Gasteiger partial charge in [-0.1, -0.05) is 6.42 Å². The Morgan fingerprint density at radius 1 is 1.30 bits per heavy atom. The number of furan rings is 1. The number of nitrogens with zero attached hydrogens (tertiary/aromatic N) is 2. The van der Waals surface area contributed by atoms with E-state index in [9.17, 15) is 0 Å². The van der Waals surface area contributed by atoms with Crippen molar-refractivity contribution >= 4 is 29.9 Å². The predicted molar refractivity (Wildman–Crippen MR) is 131 cm³/mol. The molecule has 1 aromatic rings. The van der Waals surface area contributed by atoms with Crippen molar-refractivity contribution in [2.45, 2.75) is 45.1 Å². The fraction of sp³-hybridized carbons (Fsp3) is 0.773. The topological polar surface area (TPSA) is 71.3 Å². The van der Waals surface area contributed by atoms with Gasteiger partial charge in [-0.25, -0.2) is 0 Å². The Morgan fingerprint density at radius 2 is 2.17 bits per heavy atom. The van der Waals surface area contributed by atoms with Gasteiger partial charge in [0.15, 0.2) is 5.96 Å². The summed E-state index contributed by atoms with van der Waals surface area (Å²) in [6.45, 7) is 10.0. The lowest BCUT2D eigenvalue weighted by atomic mass is 10.1. The second kappa shape index (κ2) is 15.0. The Balaban J connectivity index is 0.00000320. The first kappa shape index (κ1) is 25.4. The summed E-state index contributed by atoms with van der Waals surface area (Å²) < 4.78 is 16.9. The maximum absolute atomic E-state index is 5.79. The molecule has 2 unspecified atom stereocenters. The molecule has 0 radical (unpaired) electrons. The van der Waals surface area contributed by atoms with E-state index < -0.39 is 0 Å². The third-order valence-corrected chi connectivity index (χ3v) is 5.61. The zero-order chi connectivity index (χ0) is 20.2. The SMILES string of the molecule is CCNC(=NCC(c1ccco1)N1CCCCC1)NCCCOCC1CCOC1.I. The molecule has 0 aliphatic carbocycles. The number of nitrogens with one attached hydrogen (secondary N) is 2. The van der Waals surface area contributed by atoms with Gasteiger partial charge >= 0.3 is 0 Å². The van der Waals surface area contributed by atoms with Crippen LogP contribution in [0.4, 0.5) is 0 Å². The molecule has 172 valence electrons. The predicted octanol–water partition coefficient (Wildman–Crippen LogP) is 3.42. The smallest absolute Gasteiger partial charge is 0.191 e. The van der Waals surface area contributed by atoms with E-state index in [1.807, 2.05) is 6.07 Å². The number of guanidine groups is 1. The van der Waals surface area contributed by atoms with Gasteiger partial charge in [-0.2, -0.15) is 0 Å². The van der Waals surface area contributed by atoms with Gasteiger partial charge in [0.1, 0.15) is 5.76 Å². The van der Waals surface area contributed by atoms with Crippen molar-refractivity contribution in [3.8, 4) is 0 Å². The fourth-order valence-electron chi connectivity index (χ4n) is 3.96. The standard InChI is InChI=1S/C22H38N4O3.HI/c1-2-23-22(24-10-7-13-27-17-19-9-15-28-18-19)25-16-20(21-8-6-14-29-21)26-11-4-3-5-12-26;/h6,8,14,19-20H,2-5,7,9-13,15-18H2,1H3,(H2,23,24,25);1H. The van der Waals surface area contributed by atoms with Gasteiger partial charge < -0.3 is 24.5 Å². The molecule has 0 spiro atoms. The van der Waals surface area contributed by atoms with Crippen LogP contribution >= 0.6 is 24.0 Å². The van der Waals surface area contributed by atoms with Crippen molar-refractivity contribution < 1.29 is 13.9 Å². The number of halogens is 1. The van der Waals surface area contributed by atoms with Crippen LogP contribution in [0.15, 0.2) is 27.8 Å². The normalized spacial score (nSPS) is 21.2. The second-order valence-electron chi connectivity index (χ2n) is 7.93. The molecule has 3 rings (SSSR count). The van der Waals surface area contributed by atoms with E-state index in [-0.39, 0.29) is 30.0 Å². The van der Waals surface area contributed by atoms with Crippen LogP contribution < -0.4 is 10.6 Å². The highest BCUT2D eigenvalue weighted by molar-refractivity contribution is 14.0. The molecule has 3 heterocycles. The molecule has 7 nitrogen and oxygen atoms in total. The average molecular weight is 534 g/mol. The molecule has 1 aromatic heterocycles. The molecule has 2 fully saturated rings. The zero-order valence-corrected chi connectivity index (χ0v) is 20.6. The third-order valence-electron chi connectivity index (χ3n) is 5.61. The van der Waals surface area contributed by atoms with E-state index in [4.69, 9.17) is 18.9 Å². The van der Waals surface area contributed by atoms with Gasteiger partial charge in [0.25, 0.3) is 0 Å². The van der Waals surface area contributed by atoms with Gasteiger partial charge in [0.05, 0.1) is 32.1 Å². The number of hydrogen-bond acceptors (Lipinski definition) is 5. The summed E-state index contributed by atoms with van der Waals surface area (Å²) in [5.74, 6) is 2.45. The lowest BCUT2D eigenvalue weighted by molar-refractivity contribution is 0.0888. The van der Waals surface area contributed by atoms with E-state index in [1.54, 1.807) is 6.26 Å². The number of piperidine rings is 1. The van der Waals surface area contributed by atoms with Crippen LogP contribution in [0.3, 0.4) is 0 Å². The molecule has 2 atom stereocenters.